The number of hydrogen-bond acceptors (Lipinski definition) is 4. The van der Waals surface area contributed by atoms with Gasteiger partial charge in [-0.2, -0.15) is 0 Å². The first-order valence-corrected chi connectivity index (χ1v) is 5.61. The standard InChI is InChI=1S/C12H12N2O3S/c1-16-9-5-3-4-7(10(9)17-2)6-8-11(15)14-12(18)13-8/h3-6H,1-2H3,(H2,13,14,15,18)/b8-6+. The fourth-order valence-corrected chi connectivity index (χ4v) is 1.87. The summed E-state index contributed by atoms with van der Waals surface area (Å²) in [6.07, 6.45) is 1.66. The van der Waals surface area contributed by atoms with Crippen LogP contribution in [0.5, 0.6) is 11.5 Å². The molecule has 1 fully saturated rings. The highest BCUT2D eigenvalue weighted by molar-refractivity contribution is 7.80. The molecule has 0 atom stereocenters. The molecule has 1 aliphatic rings. The monoisotopic (exact) mass is 264 g/mol. The van der Waals surface area contributed by atoms with Gasteiger partial charge in [-0.1, -0.05) is 12.1 Å². The van der Waals surface area contributed by atoms with Gasteiger partial charge in [0, 0.05) is 5.56 Å². The summed E-state index contributed by atoms with van der Waals surface area (Å²) in [7, 11) is 3.11. The van der Waals surface area contributed by atoms with E-state index < -0.39 is 0 Å². The average molecular weight is 264 g/mol. The summed E-state index contributed by atoms with van der Waals surface area (Å²) < 4.78 is 10.5. The van der Waals surface area contributed by atoms with Crippen LogP contribution < -0.4 is 20.1 Å². The lowest BCUT2D eigenvalue weighted by Gasteiger charge is -2.10. The Balaban J connectivity index is 2.43. The second-order valence-electron chi connectivity index (χ2n) is 3.55. The molecule has 18 heavy (non-hydrogen) atoms. The molecule has 1 saturated heterocycles. The maximum atomic E-state index is 11.5. The first kappa shape index (κ1) is 12.4. The molecule has 1 aliphatic heterocycles. The maximum Gasteiger partial charge on any atom is 0.273 e. The van der Waals surface area contributed by atoms with Crippen LogP contribution >= 0.6 is 12.2 Å². The maximum absolute atomic E-state index is 11.5. The summed E-state index contributed by atoms with van der Waals surface area (Å²) in [5.74, 6) is 0.914. The molecule has 1 heterocycles. The Morgan fingerprint density at radius 2 is 2.00 bits per heavy atom. The van der Waals surface area contributed by atoms with E-state index in [0.717, 1.165) is 5.56 Å². The molecule has 94 valence electrons. The molecule has 0 spiro atoms. The normalized spacial score (nSPS) is 16.4. The number of benzene rings is 1. The van der Waals surface area contributed by atoms with Gasteiger partial charge in [-0.25, -0.2) is 0 Å². The molecule has 0 aromatic heterocycles. The van der Waals surface area contributed by atoms with Gasteiger partial charge in [-0.15, -0.1) is 0 Å². The average Bonchev–Trinajstić information content (AvgIpc) is 2.67. The van der Waals surface area contributed by atoms with Crippen molar-refractivity contribution in [3.63, 3.8) is 0 Å². The Bertz CT molecular complexity index is 540. The number of para-hydroxylation sites is 1. The Morgan fingerprint density at radius 1 is 1.22 bits per heavy atom. The van der Waals surface area contributed by atoms with Crippen molar-refractivity contribution in [3.05, 3.63) is 29.5 Å². The molecule has 1 aromatic carbocycles. The number of hydrogen-bond donors (Lipinski definition) is 2. The van der Waals surface area contributed by atoms with Crippen molar-refractivity contribution in [2.24, 2.45) is 0 Å². The van der Waals surface area contributed by atoms with Crippen molar-refractivity contribution in [1.82, 2.24) is 10.6 Å². The van der Waals surface area contributed by atoms with Crippen LogP contribution in [0.15, 0.2) is 23.9 Å². The van der Waals surface area contributed by atoms with Crippen LogP contribution in [0, 0.1) is 0 Å². The minimum Gasteiger partial charge on any atom is -0.493 e. The quantitative estimate of drug-likeness (QED) is 0.631. The molecule has 0 radical (unpaired) electrons. The molecule has 0 unspecified atom stereocenters. The van der Waals surface area contributed by atoms with Gasteiger partial charge in [0.25, 0.3) is 5.91 Å². The smallest absolute Gasteiger partial charge is 0.273 e. The van der Waals surface area contributed by atoms with Crippen LogP contribution in [-0.4, -0.2) is 25.2 Å². The van der Waals surface area contributed by atoms with E-state index in [2.05, 4.69) is 10.6 Å². The van der Waals surface area contributed by atoms with Gasteiger partial charge in [-0.05, 0) is 24.4 Å². The molecular formula is C12H12N2O3S. The van der Waals surface area contributed by atoms with Gasteiger partial charge in [0.1, 0.15) is 5.70 Å². The molecule has 0 aliphatic carbocycles. The van der Waals surface area contributed by atoms with Gasteiger partial charge >= 0.3 is 0 Å². The van der Waals surface area contributed by atoms with Gasteiger partial charge in [-0.3, -0.25) is 10.1 Å². The number of thiocarbonyl (C=S) groups is 1. The Labute approximate surface area is 110 Å². The third kappa shape index (κ3) is 2.28. The fourth-order valence-electron chi connectivity index (χ4n) is 1.66. The topological polar surface area (TPSA) is 59.6 Å². The zero-order chi connectivity index (χ0) is 13.1. The number of ether oxygens (including phenoxy) is 2. The summed E-state index contributed by atoms with van der Waals surface area (Å²) in [4.78, 5) is 11.5. The molecule has 1 aromatic rings. The van der Waals surface area contributed by atoms with Crippen LogP contribution in [0.4, 0.5) is 0 Å². The van der Waals surface area contributed by atoms with Gasteiger partial charge in [0.15, 0.2) is 16.6 Å². The molecule has 6 heteroatoms. The van der Waals surface area contributed by atoms with Crippen molar-refractivity contribution in [1.29, 1.82) is 0 Å². The number of nitrogens with one attached hydrogen (secondary N) is 2. The molecule has 0 saturated carbocycles. The second kappa shape index (κ2) is 5.05. The van der Waals surface area contributed by atoms with Crippen LogP contribution in [0.1, 0.15) is 5.56 Å². The van der Waals surface area contributed by atoms with Gasteiger partial charge < -0.3 is 14.8 Å². The first-order valence-electron chi connectivity index (χ1n) is 5.20. The van der Waals surface area contributed by atoms with Crippen molar-refractivity contribution in [3.8, 4) is 11.5 Å². The van der Waals surface area contributed by atoms with E-state index in [4.69, 9.17) is 21.7 Å². The lowest BCUT2D eigenvalue weighted by Crippen LogP contribution is -2.21. The highest BCUT2D eigenvalue weighted by Gasteiger charge is 2.21. The van der Waals surface area contributed by atoms with Crippen molar-refractivity contribution >= 4 is 29.3 Å². The summed E-state index contributed by atoms with van der Waals surface area (Å²) in [5.41, 5.74) is 1.12. The second-order valence-corrected chi connectivity index (χ2v) is 3.96. The fraction of sp³-hybridized carbons (Fsp3) is 0.167. The van der Waals surface area contributed by atoms with Crippen molar-refractivity contribution in [2.75, 3.05) is 14.2 Å². The minimum atomic E-state index is -0.259. The minimum absolute atomic E-state index is 0.259. The lowest BCUT2D eigenvalue weighted by molar-refractivity contribution is -0.115. The van der Waals surface area contributed by atoms with Gasteiger partial charge in [0.05, 0.1) is 14.2 Å². The zero-order valence-electron chi connectivity index (χ0n) is 9.94. The Kier molecular flexibility index (Phi) is 3.47. The van der Waals surface area contributed by atoms with E-state index >= 15 is 0 Å². The molecular weight excluding hydrogens is 252 g/mol. The van der Waals surface area contributed by atoms with Crippen LogP contribution in [0.3, 0.4) is 0 Å². The van der Waals surface area contributed by atoms with Gasteiger partial charge in [0.2, 0.25) is 0 Å². The van der Waals surface area contributed by atoms with Crippen molar-refractivity contribution in [2.45, 2.75) is 0 Å². The number of amides is 1. The molecule has 1 amide bonds. The number of methoxy groups -OCH3 is 2. The van der Waals surface area contributed by atoms with Crippen LogP contribution in [-0.2, 0) is 4.79 Å². The van der Waals surface area contributed by atoms with E-state index in [1.807, 2.05) is 12.1 Å². The summed E-state index contributed by atoms with van der Waals surface area (Å²) in [6.45, 7) is 0. The predicted molar refractivity (Wildman–Crippen MR) is 71.4 cm³/mol. The van der Waals surface area contributed by atoms with E-state index in [9.17, 15) is 4.79 Å². The highest BCUT2D eigenvalue weighted by atomic mass is 32.1. The van der Waals surface area contributed by atoms with E-state index in [0.29, 0.717) is 22.3 Å². The summed E-state index contributed by atoms with van der Waals surface area (Å²) >= 11 is 4.86. The number of rotatable bonds is 3. The van der Waals surface area contributed by atoms with Crippen LogP contribution in [0.2, 0.25) is 0 Å². The number of carbonyl (C=O) groups excluding carboxylic acids is 1. The largest absolute Gasteiger partial charge is 0.493 e. The number of carbonyl (C=O) groups is 1. The Morgan fingerprint density at radius 3 is 2.56 bits per heavy atom. The highest BCUT2D eigenvalue weighted by Crippen LogP contribution is 2.32. The lowest BCUT2D eigenvalue weighted by atomic mass is 10.1. The molecule has 2 N–H and O–H groups in total. The van der Waals surface area contributed by atoms with E-state index in [-0.39, 0.29) is 5.91 Å². The van der Waals surface area contributed by atoms with Crippen molar-refractivity contribution < 1.29 is 14.3 Å². The first-order chi connectivity index (χ1) is 8.65. The summed E-state index contributed by atoms with van der Waals surface area (Å²) in [5, 5.41) is 5.57. The van der Waals surface area contributed by atoms with E-state index in [1.54, 1.807) is 26.4 Å². The summed E-state index contributed by atoms with van der Waals surface area (Å²) in [6, 6.07) is 5.43. The third-order valence-corrected chi connectivity index (χ3v) is 2.66. The molecule has 0 bridgehead atoms. The Hall–Kier alpha value is -2.08. The third-order valence-electron chi connectivity index (χ3n) is 2.45. The van der Waals surface area contributed by atoms with E-state index in [1.165, 1.54) is 0 Å². The predicted octanol–water partition coefficient (Wildman–Crippen LogP) is 1.05. The SMILES string of the molecule is COc1cccc(/C=C2/NC(=S)NC2=O)c1OC. The molecule has 2 rings (SSSR count). The molecule has 5 nitrogen and oxygen atoms in total. The van der Waals surface area contributed by atoms with Crippen LogP contribution in [0.25, 0.3) is 6.08 Å². The zero-order valence-corrected chi connectivity index (χ0v) is 10.8.